The Morgan fingerprint density at radius 3 is 1.69 bits per heavy atom. The van der Waals surface area contributed by atoms with Gasteiger partial charge >= 0.3 is 11.9 Å². The third-order valence-corrected chi connectivity index (χ3v) is 7.43. The molecule has 0 unspecified atom stereocenters. The largest absolute Gasteiger partial charge is 0.478 e. The zero-order valence-corrected chi connectivity index (χ0v) is 17.7. The minimum absolute atomic E-state index is 0.109. The fourth-order valence-corrected chi connectivity index (χ4v) is 6.41. The average molecular weight is 424 g/mol. The molecule has 2 aromatic rings. The minimum atomic E-state index is -1.19. The van der Waals surface area contributed by atoms with Crippen LogP contribution in [0.1, 0.15) is 75.4 Å². The predicted octanol–water partition coefficient (Wildman–Crippen LogP) is 5.03. The summed E-state index contributed by atoms with van der Waals surface area (Å²) in [7, 11) is 0. The van der Waals surface area contributed by atoms with Crippen molar-refractivity contribution in [3.8, 4) is 23.7 Å². The molecule has 2 N–H and O–H groups in total. The average Bonchev–Trinajstić information content (AvgIpc) is 2.76. The molecule has 4 aliphatic carbocycles. The molecule has 4 nitrogen and oxygen atoms in total. The van der Waals surface area contributed by atoms with E-state index in [2.05, 4.69) is 47.9 Å². The normalized spacial score (nSPS) is 27.1. The highest BCUT2D eigenvalue weighted by Gasteiger charge is 2.48. The van der Waals surface area contributed by atoms with E-state index in [4.69, 9.17) is 10.2 Å². The fourth-order valence-electron chi connectivity index (χ4n) is 6.41. The summed E-state index contributed by atoms with van der Waals surface area (Å²) in [6, 6.07) is 12.4. The van der Waals surface area contributed by atoms with E-state index in [9.17, 15) is 9.59 Å². The summed E-state index contributed by atoms with van der Waals surface area (Å²) >= 11 is 0. The number of benzene rings is 2. The molecule has 0 spiro atoms. The van der Waals surface area contributed by atoms with Gasteiger partial charge in [-0.15, -0.1) is 0 Å². The van der Waals surface area contributed by atoms with Crippen molar-refractivity contribution < 1.29 is 19.8 Å². The molecule has 0 atom stereocenters. The van der Waals surface area contributed by atoms with Crippen molar-refractivity contribution in [1.29, 1.82) is 0 Å². The Labute approximate surface area is 187 Å². The van der Waals surface area contributed by atoms with Crippen LogP contribution in [0.3, 0.4) is 0 Å². The number of aromatic carboxylic acids is 2. The van der Waals surface area contributed by atoms with E-state index in [1.807, 2.05) is 0 Å². The molecular weight excluding hydrogens is 400 g/mol. The van der Waals surface area contributed by atoms with E-state index in [-0.39, 0.29) is 11.1 Å². The summed E-state index contributed by atoms with van der Waals surface area (Å²) in [5, 5.41) is 18.3. The zero-order chi connectivity index (χ0) is 22.2. The topological polar surface area (TPSA) is 74.6 Å². The van der Waals surface area contributed by atoms with Gasteiger partial charge in [0.15, 0.2) is 0 Å². The van der Waals surface area contributed by atoms with Gasteiger partial charge < -0.3 is 10.2 Å². The van der Waals surface area contributed by atoms with Crippen molar-refractivity contribution in [3.63, 3.8) is 0 Å². The molecule has 0 aromatic heterocycles. The van der Waals surface area contributed by atoms with Crippen LogP contribution < -0.4 is 0 Å². The monoisotopic (exact) mass is 424 g/mol. The first kappa shape index (κ1) is 20.4. The van der Waals surface area contributed by atoms with Crippen LogP contribution in [0, 0.1) is 47.4 Å². The smallest absolute Gasteiger partial charge is 0.335 e. The zero-order valence-electron chi connectivity index (χ0n) is 17.7. The van der Waals surface area contributed by atoms with Crippen LogP contribution in [-0.2, 0) is 0 Å². The first-order valence-corrected chi connectivity index (χ1v) is 11.2. The summed E-state index contributed by atoms with van der Waals surface area (Å²) in [6.45, 7) is 0. The molecule has 0 amide bonds. The maximum atomic E-state index is 11.2. The van der Waals surface area contributed by atoms with E-state index < -0.39 is 11.9 Å². The Kier molecular flexibility index (Phi) is 5.24. The van der Waals surface area contributed by atoms with Crippen LogP contribution in [0.5, 0.6) is 0 Å². The molecule has 4 aliphatic rings. The highest BCUT2D eigenvalue weighted by atomic mass is 16.4. The molecule has 6 rings (SSSR count). The number of hydrogen-bond donors (Lipinski definition) is 2. The van der Waals surface area contributed by atoms with E-state index in [1.54, 1.807) is 0 Å². The van der Waals surface area contributed by atoms with E-state index in [0.717, 1.165) is 35.3 Å². The van der Waals surface area contributed by atoms with Crippen LogP contribution in [0.25, 0.3) is 0 Å². The third kappa shape index (κ3) is 4.02. The van der Waals surface area contributed by atoms with Crippen LogP contribution >= 0.6 is 0 Å². The van der Waals surface area contributed by atoms with Crippen molar-refractivity contribution in [1.82, 2.24) is 0 Å². The lowest BCUT2D eigenvalue weighted by Crippen LogP contribution is -2.43. The van der Waals surface area contributed by atoms with E-state index in [0.29, 0.717) is 11.5 Å². The number of carbonyl (C=O) groups is 2. The fraction of sp³-hybridized carbons (Fsp3) is 0.357. The molecule has 4 bridgehead atoms. The third-order valence-electron chi connectivity index (χ3n) is 7.43. The Morgan fingerprint density at radius 2 is 1.19 bits per heavy atom. The second-order valence-electron chi connectivity index (χ2n) is 9.49. The standard InChI is InChI=1S/C28H24O4/c29-27(30)24-10-18(11-25(16-24)28(31)32)4-2-1-3-17-5-7-21(8-6-17)26-22-12-19-9-20(14-22)15-23(26)13-19/h5-8,10-11,16,19-20,22-23,26H,9,12-15H2,(H,29,30)(H,31,32). The molecule has 0 radical (unpaired) electrons. The second-order valence-corrected chi connectivity index (χ2v) is 9.49. The molecule has 160 valence electrons. The maximum absolute atomic E-state index is 11.2. The Morgan fingerprint density at radius 1 is 0.688 bits per heavy atom. The van der Waals surface area contributed by atoms with Gasteiger partial charge in [-0.05, 0) is 109 Å². The van der Waals surface area contributed by atoms with Gasteiger partial charge in [0.2, 0.25) is 0 Å². The van der Waals surface area contributed by atoms with Crippen LogP contribution in [0.2, 0.25) is 0 Å². The lowest BCUT2D eigenvalue weighted by atomic mass is 9.51. The van der Waals surface area contributed by atoms with Gasteiger partial charge in [-0.25, -0.2) is 9.59 Å². The number of carboxylic acid groups (broad SMARTS) is 2. The predicted molar refractivity (Wildman–Crippen MR) is 120 cm³/mol. The molecule has 32 heavy (non-hydrogen) atoms. The highest BCUT2D eigenvalue weighted by molar-refractivity contribution is 5.94. The molecule has 4 fully saturated rings. The van der Waals surface area contributed by atoms with Crippen molar-refractivity contribution in [3.05, 3.63) is 70.3 Å². The highest BCUT2D eigenvalue weighted by Crippen LogP contribution is 2.59. The molecule has 0 heterocycles. The second kappa shape index (κ2) is 8.21. The summed E-state index contributed by atoms with van der Waals surface area (Å²) < 4.78 is 0. The van der Waals surface area contributed by atoms with Crippen LogP contribution in [-0.4, -0.2) is 22.2 Å². The maximum Gasteiger partial charge on any atom is 0.335 e. The molecular formula is C28H24O4. The van der Waals surface area contributed by atoms with Crippen molar-refractivity contribution >= 4 is 11.9 Å². The van der Waals surface area contributed by atoms with Crippen molar-refractivity contribution in [2.24, 2.45) is 23.7 Å². The Hall–Kier alpha value is -3.50. The quantitative estimate of drug-likeness (QED) is 0.678. The lowest BCUT2D eigenvalue weighted by molar-refractivity contribution is -0.00278. The van der Waals surface area contributed by atoms with Gasteiger partial charge in [-0.3, -0.25) is 0 Å². The van der Waals surface area contributed by atoms with Gasteiger partial charge in [0.25, 0.3) is 0 Å². The first-order chi connectivity index (χ1) is 15.5. The van der Waals surface area contributed by atoms with E-state index in [1.165, 1.54) is 49.8 Å². The first-order valence-electron chi connectivity index (χ1n) is 11.2. The summed E-state index contributed by atoms with van der Waals surface area (Å²) in [5.74, 6) is 13.2. The molecule has 4 saturated carbocycles. The van der Waals surface area contributed by atoms with Crippen LogP contribution in [0.4, 0.5) is 0 Å². The van der Waals surface area contributed by atoms with Gasteiger partial charge in [-0.2, -0.15) is 0 Å². The van der Waals surface area contributed by atoms with Gasteiger partial charge in [0.05, 0.1) is 11.1 Å². The van der Waals surface area contributed by atoms with Gasteiger partial charge in [0.1, 0.15) is 0 Å². The summed E-state index contributed by atoms with van der Waals surface area (Å²) in [6.07, 6.45) is 7.08. The summed E-state index contributed by atoms with van der Waals surface area (Å²) in [5.41, 5.74) is 2.43. The summed E-state index contributed by atoms with van der Waals surface area (Å²) in [4.78, 5) is 22.4. The molecule has 0 aliphatic heterocycles. The Balaban J connectivity index is 1.30. The minimum Gasteiger partial charge on any atom is -0.478 e. The van der Waals surface area contributed by atoms with Crippen LogP contribution in [0.15, 0.2) is 42.5 Å². The lowest BCUT2D eigenvalue weighted by Gasteiger charge is -2.54. The number of rotatable bonds is 3. The SMILES string of the molecule is O=C(O)c1cc(C#CC#Cc2ccc(C3C4CC5CC(C4)CC3C5)cc2)cc(C(=O)O)c1. The Bertz CT molecular complexity index is 1140. The number of carboxylic acids is 2. The van der Waals surface area contributed by atoms with Crippen molar-refractivity contribution in [2.75, 3.05) is 0 Å². The molecule has 0 saturated heterocycles. The number of hydrogen-bond acceptors (Lipinski definition) is 2. The van der Waals surface area contributed by atoms with Crippen molar-refractivity contribution in [2.45, 2.75) is 38.0 Å². The van der Waals surface area contributed by atoms with Gasteiger partial charge in [0, 0.05) is 11.1 Å². The van der Waals surface area contributed by atoms with Gasteiger partial charge in [-0.1, -0.05) is 24.0 Å². The van der Waals surface area contributed by atoms with E-state index >= 15 is 0 Å². The molecule has 2 aromatic carbocycles. The molecule has 4 heteroatoms.